The molecule has 0 saturated carbocycles. The molecule has 0 aliphatic rings. The van der Waals surface area contributed by atoms with Crippen LogP contribution in [0.25, 0.3) is 0 Å². The second-order valence-corrected chi connectivity index (χ2v) is 19.2. The van der Waals surface area contributed by atoms with Gasteiger partial charge in [0.05, 0.1) is 0 Å². The predicted octanol–water partition coefficient (Wildman–Crippen LogP) is 18.9. The largest absolute Gasteiger partial charge is 0.462 e. The fourth-order valence-electron chi connectivity index (χ4n) is 8.36. The maximum Gasteiger partial charge on any atom is 0.306 e. The van der Waals surface area contributed by atoms with Crippen LogP contribution in [0, 0.1) is 0 Å². The molecule has 0 N–H and O–H groups in total. The Morgan fingerprint density at radius 3 is 0.938 bits per heavy atom. The first-order chi connectivity index (χ1) is 32.0. The van der Waals surface area contributed by atoms with Crippen LogP contribution in [0.1, 0.15) is 303 Å². The lowest BCUT2D eigenvalue weighted by Gasteiger charge is -2.18. The second kappa shape index (κ2) is 54.2. The van der Waals surface area contributed by atoms with Crippen LogP contribution in [-0.4, -0.2) is 37.2 Å². The van der Waals surface area contributed by atoms with Gasteiger partial charge in [0.25, 0.3) is 0 Å². The highest BCUT2D eigenvalue weighted by Crippen LogP contribution is 2.16. The SMILES string of the molecule is CC/C=C\C/C=C\CCCCCCCCCC(=O)OCC(COC(=O)CCCCCCCCCCCCCCCCCCC)OC(=O)CCCCCCC/C=C\CCCCCCCCC. The standard InChI is InChI=1S/C59H108O6/c1-4-7-10-13-16-19-22-25-28-30-32-34-37-40-43-46-49-52-58(61)64-55-56(54-63-57(60)51-48-45-42-39-36-33-27-24-21-18-15-12-9-6-3)65-59(62)53-50-47-44-41-38-35-31-29-26-23-20-17-14-11-8-5-2/h9,12,18,21,29,31,56H,4-8,10-11,13-17,19-20,22-28,30,32-55H2,1-3H3/b12-9-,21-18-,31-29-. The van der Waals surface area contributed by atoms with Gasteiger partial charge in [0.1, 0.15) is 13.2 Å². The van der Waals surface area contributed by atoms with Crippen LogP contribution >= 0.6 is 0 Å². The van der Waals surface area contributed by atoms with Crippen molar-refractivity contribution < 1.29 is 28.6 Å². The molecule has 0 aliphatic heterocycles. The molecule has 0 spiro atoms. The molecule has 0 aromatic heterocycles. The van der Waals surface area contributed by atoms with Crippen LogP contribution in [0.4, 0.5) is 0 Å². The lowest BCUT2D eigenvalue weighted by atomic mass is 10.0. The molecule has 6 nitrogen and oxygen atoms in total. The number of carbonyl (C=O) groups excluding carboxylic acids is 3. The van der Waals surface area contributed by atoms with Gasteiger partial charge in [-0.05, 0) is 70.6 Å². The minimum Gasteiger partial charge on any atom is -0.462 e. The highest BCUT2D eigenvalue weighted by Gasteiger charge is 2.19. The second-order valence-electron chi connectivity index (χ2n) is 19.2. The zero-order valence-electron chi connectivity index (χ0n) is 43.5. The smallest absolute Gasteiger partial charge is 0.306 e. The summed E-state index contributed by atoms with van der Waals surface area (Å²) in [5, 5.41) is 0. The third-order valence-corrected chi connectivity index (χ3v) is 12.6. The first-order valence-corrected chi connectivity index (χ1v) is 28.5. The van der Waals surface area contributed by atoms with Gasteiger partial charge in [0, 0.05) is 19.3 Å². The molecule has 1 atom stereocenters. The molecule has 1 unspecified atom stereocenters. The Morgan fingerprint density at radius 2 is 0.600 bits per heavy atom. The van der Waals surface area contributed by atoms with E-state index < -0.39 is 6.10 Å². The Kier molecular flexibility index (Phi) is 52.3. The lowest BCUT2D eigenvalue weighted by Crippen LogP contribution is -2.30. The Bertz CT molecular complexity index is 1090. The van der Waals surface area contributed by atoms with Crippen LogP contribution < -0.4 is 0 Å². The van der Waals surface area contributed by atoms with Crippen molar-refractivity contribution in [3.05, 3.63) is 36.5 Å². The van der Waals surface area contributed by atoms with Crippen LogP contribution in [0.5, 0.6) is 0 Å². The molecule has 0 bridgehead atoms. The Balaban J connectivity index is 4.35. The average Bonchev–Trinajstić information content (AvgIpc) is 3.30. The first-order valence-electron chi connectivity index (χ1n) is 28.5. The minimum absolute atomic E-state index is 0.0744. The number of hydrogen-bond donors (Lipinski definition) is 0. The van der Waals surface area contributed by atoms with Crippen molar-refractivity contribution in [2.75, 3.05) is 13.2 Å². The van der Waals surface area contributed by atoms with Crippen molar-refractivity contribution in [1.29, 1.82) is 0 Å². The van der Waals surface area contributed by atoms with Gasteiger partial charge < -0.3 is 14.2 Å². The zero-order chi connectivity index (χ0) is 47.2. The number of carbonyl (C=O) groups is 3. The van der Waals surface area contributed by atoms with Crippen LogP contribution in [0.2, 0.25) is 0 Å². The number of rotatable bonds is 52. The van der Waals surface area contributed by atoms with E-state index in [-0.39, 0.29) is 31.1 Å². The number of allylic oxidation sites excluding steroid dienone is 6. The summed E-state index contributed by atoms with van der Waals surface area (Å²) in [4.78, 5) is 38.1. The molecule has 0 aromatic rings. The van der Waals surface area contributed by atoms with E-state index in [0.717, 1.165) is 83.5 Å². The Hall–Kier alpha value is -2.37. The first kappa shape index (κ1) is 62.6. The van der Waals surface area contributed by atoms with Gasteiger partial charge in [-0.15, -0.1) is 0 Å². The van der Waals surface area contributed by atoms with E-state index in [0.29, 0.717) is 19.3 Å². The van der Waals surface area contributed by atoms with E-state index in [1.54, 1.807) is 0 Å². The molecule has 0 saturated heterocycles. The summed E-state index contributed by atoms with van der Waals surface area (Å²) in [5.74, 6) is -0.875. The maximum atomic E-state index is 12.8. The average molecular weight is 914 g/mol. The van der Waals surface area contributed by atoms with Gasteiger partial charge in [-0.25, -0.2) is 0 Å². The molecule has 0 radical (unpaired) electrons. The summed E-state index contributed by atoms with van der Waals surface area (Å²) in [5.41, 5.74) is 0. The third-order valence-electron chi connectivity index (χ3n) is 12.6. The molecule has 0 fully saturated rings. The minimum atomic E-state index is -0.776. The number of hydrogen-bond acceptors (Lipinski definition) is 6. The van der Waals surface area contributed by atoms with Crippen molar-refractivity contribution in [2.45, 2.75) is 309 Å². The molecule has 0 aliphatic carbocycles. The Labute approximate surface area is 404 Å². The fourth-order valence-corrected chi connectivity index (χ4v) is 8.36. The monoisotopic (exact) mass is 913 g/mol. The molecule has 0 aromatic carbocycles. The van der Waals surface area contributed by atoms with E-state index in [4.69, 9.17) is 14.2 Å². The molecule has 6 heteroatoms. The predicted molar refractivity (Wildman–Crippen MR) is 279 cm³/mol. The quantitative estimate of drug-likeness (QED) is 0.0262. The summed E-state index contributed by atoms with van der Waals surface area (Å²) >= 11 is 0. The third kappa shape index (κ3) is 52.5. The van der Waals surface area contributed by atoms with E-state index in [2.05, 4.69) is 57.2 Å². The molecule has 0 rings (SSSR count). The van der Waals surface area contributed by atoms with Crippen molar-refractivity contribution in [2.24, 2.45) is 0 Å². The van der Waals surface area contributed by atoms with Crippen LogP contribution in [0.15, 0.2) is 36.5 Å². The highest BCUT2D eigenvalue weighted by atomic mass is 16.6. The summed E-state index contributed by atoms with van der Waals surface area (Å²) in [6.07, 6.45) is 64.2. The molecule has 65 heavy (non-hydrogen) atoms. The van der Waals surface area contributed by atoms with Crippen LogP contribution in [-0.2, 0) is 28.6 Å². The van der Waals surface area contributed by atoms with Gasteiger partial charge >= 0.3 is 17.9 Å². The van der Waals surface area contributed by atoms with Gasteiger partial charge in [0.15, 0.2) is 6.10 Å². The van der Waals surface area contributed by atoms with Crippen molar-refractivity contribution in [3.8, 4) is 0 Å². The topological polar surface area (TPSA) is 78.9 Å². The zero-order valence-corrected chi connectivity index (χ0v) is 43.5. The van der Waals surface area contributed by atoms with Gasteiger partial charge in [-0.3, -0.25) is 14.4 Å². The van der Waals surface area contributed by atoms with E-state index in [9.17, 15) is 14.4 Å². The Morgan fingerprint density at radius 1 is 0.323 bits per heavy atom. The van der Waals surface area contributed by atoms with Gasteiger partial charge in [-0.2, -0.15) is 0 Å². The van der Waals surface area contributed by atoms with E-state index in [1.807, 2.05) is 0 Å². The van der Waals surface area contributed by atoms with Gasteiger partial charge in [0.2, 0.25) is 0 Å². The van der Waals surface area contributed by atoms with E-state index in [1.165, 1.54) is 180 Å². The van der Waals surface area contributed by atoms with Crippen molar-refractivity contribution in [1.82, 2.24) is 0 Å². The number of esters is 3. The molecule has 0 amide bonds. The number of ether oxygens (including phenoxy) is 3. The lowest BCUT2D eigenvalue weighted by molar-refractivity contribution is -0.167. The molecule has 380 valence electrons. The van der Waals surface area contributed by atoms with Crippen molar-refractivity contribution in [3.63, 3.8) is 0 Å². The summed E-state index contributed by atoms with van der Waals surface area (Å²) in [6, 6.07) is 0. The van der Waals surface area contributed by atoms with Crippen molar-refractivity contribution >= 4 is 17.9 Å². The summed E-state index contributed by atoms with van der Waals surface area (Å²) in [7, 11) is 0. The molecule has 0 heterocycles. The normalized spacial score (nSPS) is 12.2. The fraction of sp³-hybridized carbons (Fsp3) is 0.847. The maximum absolute atomic E-state index is 12.8. The molecular formula is C59H108O6. The summed E-state index contributed by atoms with van der Waals surface area (Å²) in [6.45, 7) is 6.56. The van der Waals surface area contributed by atoms with Crippen LogP contribution in [0.3, 0.4) is 0 Å². The molecular weight excluding hydrogens is 805 g/mol. The highest BCUT2D eigenvalue weighted by molar-refractivity contribution is 5.71. The summed E-state index contributed by atoms with van der Waals surface area (Å²) < 4.78 is 16.9. The number of unbranched alkanes of at least 4 members (excludes halogenated alkanes) is 35. The van der Waals surface area contributed by atoms with E-state index >= 15 is 0 Å². The van der Waals surface area contributed by atoms with Gasteiger partial charge in [-0.1, -0.05) is 250 Å².